The molecule has 2 unspecified atom stereocenters. The van der Waals surface area contributed by atoms with Gasteiger partial charge < -0.3 is 15.5 Å². The molecule has 1 saturated heterocycles. The smallest absolute Gasteiger partial charge is 0.144 e. The van der Waals surface area contributed by atoms with Crippen LogP contribution in [0.4, 0.5) is 5.82 Å². The van der Waals surface area contributed by atoms with E-state index in [9.17, 15) is 10.2 Å². The van der Waals surface area contributed by atoms with Crippen LogP contribution in [0.3, 0.4) is 0 Å². The molecule has 2 atom stereocenters. The molecule has 106 valence electrons. The summed E-state index contributed by atoms with van der Waals surface area (Å²) in [4.78, 5) is 10.8. The molecule has 2 rings (SSSR count). The minimum atomic E-state index is -0.664. The first-order valence-electron chi connectivity index (χ1n) is 6.75. The minimum absolute atomic E-state index is 0.468. The number of hydrogen-bond donors (Lipinski definition) is 3. The van der Waals surface area contributed by atoms with Crippen molar-refractivity contribution in [3.05, 3.63) is 17.6 Å². The van der Waals surface area contributed by atoms with Crippen LogP contribution in [-0.2, 0) is 6.54 Å². The fourth-order valence-electron chi connectivity index (χ4n) is 2.22. The van der Waals surface area contributed by atoms with E-state index in [1.54, 1.807) is 0 Å². The molecule has 6 heteroatoms. The normalized spacial score (nSPS) is 23.8. The van der Waals surface area contributed by atoms with Crippen molar-refractivity contribution >= 4 is 5.82 Å². The van der Waals surface area contributed by atoms with Crippen molar-refractivity contribution in [2.45, 2.75) is 39.0 Å². The molecular weight excluding hydrogens is 244 g/mol. The Bertz CT molecular complexity index is 417. The first-order valence-corrected chi connectivity index (χ1v) is 6.75. The van der Waals surface area contributed by atoms with Gasteiger partial charge in [-0.1, -0.05) is 6.92 Å². The van der Waals surface area contributed by atoms with Crippen LogP contribution in [0.2, 0.25) is 0 Å². The predicted octanol–water partition coefficient (Wildman–Crippen LogP) is 0.144. The van der Waals surface area contributed by atoms with Crippen molar-refractivity contribution < 1.29 is 10.2 Å². The summed E-state index contributed by atoms with van der Waals surface area (Å²) >= 11 is 0. The van der Waals surface area contributed by atoms with E-state index in [4.69, 9.17) is 0 Å². The summed E-state index contributed by atoms with van der Waals surface area (Å²) in [5.74, 6) is 1.56. The molecule has 0 bridgehead atoms. The Kier molecular flexibility index (Phi) is 4.68. The van der Waals surface area contributed by atoms with Crippen LogP contribution in [0.15, 0.2) is 6.07 Å². The molecule has 3 N–H and O–H groups in total. The Morgan fingerprint density at radius 2 is 2.00 bits per heavy atom. The molecule has 0 saturated carbocycles. The molecular formula is C13H22N4O2. The lowest BCUT2D eigenvalue weighted by atomic mass is 10.3. The van der Waals surface area contributed by atoms with Crippen molar-refractivity contribution in [1.29, 1.82) is 0 Å². The number of β-amino-alcohol motifs (C(OH)–C–C–N with tert-alkyl or cyclic N) is 2. The molecule has 0 spiro atoms. The topological polar surface area (TPSA) is 81.5 Å². The number of likely N-dealkylation sites (tertiary alicyclic amines) is 1. The molecule has 1 aliphatic rings. The lowest BCUT2D eigenvalue weighted by molar-refractivity contribution is 0.0572. The molecule has 1 aromatic rings. The van der Waals surface area contributed by atoms with E-state index in [-0.39, 0.29) is 0 Å². The largest absolute Gasteiger partial charge is 0.389 e. The first-order chi connectivity index (χ1) is 9.08. The van der Waals surface area contributed by atoms with Gasteiger partial charge in [0.05, 0.1) is 18.8 Å². The molecule has 0 aliphatic carbocycles. The third kappa shape index (κ3) is 3.86. The maximum absolute atomic E-state index is 9.53. The molecule has 19 heavy (non-hydrogen) atoms. The van der Waals surface area contributed by atoms with Crippen LogP contribution in [-0.4, -0.2) is 56.9 Å². The van der Waals surface area contributed by atoms with Crippen molar-refractivity contribution in [1.82, 2.24) is 14.9 Å². The monoisotopic (exact) mass is 266 g/mol. The second kappa shape index (κ2) is 6.27. The third-order valence-corrected chi connectivity index (χ3v) is 3.16. The number of aliphatic hydroxyl groups is 2. The molecule has 0 radical (unpaired) electrons. The van der Waals surface area contributed by atoms with Gasteiger partial charge in [-0.15, -0.1) is 0 Å². The van der Waals surface area contributed by atoms with E-state index in [1.807, 2.05) is 17.9 Å². The number of aryl methyl sites for hydroxylation is 1. The summed E-state index contributed by atoms with van der Waals surface area (Å²) in [7, 11) is 0. The van der Waals surface area contributed by atoms with Gasteiger partial charge in [0.2, 0.25) is 0 Å². The standard InChI is InChI=1S/C13H22N4O2/c1-3-4-14-12-5-9(2)15-13(16-12)8-17-6-10(18)11(19)7-17/h5,10-11,18-19H,3-4,6-8H2,1-2H3,(H,14,15,16). The maximum atomic E-state index is 9.53. The van der Waals surface area contributed by atoms with E-state index in [1.165, 1.54) is 0 Å². The number of hydrogen-bond acceptors (Lipinski definition) is 6. The van der Waals surface area contributed by atoms with Crippen molar-refractivity contribution in [2.75, 3.05) is 25.0 Å². The Morgan fingerprint density at radius 3 is 2.63 bits per heavy atom. The van der Waals surface area contributed by atoms with E-state index in [0.29, 0.717) is 19.6 Å². The van der Waals surface area contributed by atoms with Crippen molar-refractivity contribution in [2.24, 2.45) is 0 Å². The minimum Gasteiger partial charge on any atom is -0.389 e. The average molecular weight is 266 g/mol. The summed E-state index contributed by atoms with van der Waals surface area (Å²) in [5.41, 5.74) is 0.920. The lowest BCUT2D eigenvalue weighted by Gasteiger charge is -2.14. The Hall–Kier alpha value is -1.24. The van der Waals surface area contributed by atoms with Crippen LogP contribution < -0.4 is 5.32 Å². The highest BCUT2D eigenvalue weighted by Gasteiger charge is 2.29. The number of aromatic nitrogens is 2. The molecule has 0 amide bonds. The summed E-state index contributed by atoms with van der Waals surface area (Å²) in [5, 5.41) is 22.3. The zero-order valence-corrected chi connectivity index (χ0v) is 11.5. The molecule has 2 heterocycles. The van der Waals surface area contributed by atoms with Crippen LogP contribution in [0.1, 0.15) is 24.9 Å². The summed E-state index contributed by atoms with van der Waals surface area (Å²) in [6.45, 7) is 6.42. The zero-order valence-electron chi connectivity index (χ0n) is 11.5. The predicted molar refractivity (Wildman–Crippen MR) is 72.8 cm³/mol. The van der Waals surface area contributed by atoms with Gasteiger partial charge in [-0.3, -0.25) is 4.90 Å². The number of anilines is 1. The van der Waals surface area contributed by atoms with Crippen LogP contribution in [0.25, 0.3) is 0 Å². The van der Waals surface area contributed by atoms with E-state index < -0.39 is 12.2 Å². The summed E-state index contributed by atoms with van der Waals surface area (Å²) in [6, 6.07) is 1.92. The molecule has 1 fully saturated rings. The van der Waals surface area contributed by atoms with Crippen molar-refractivity contribution in [3.63, 3.8) is 0 Å². The van der Waals surface area contributed by atoms with E-state index in [2.05, 4.69) is 22.2 Å². The zero-order chi connectivity index (χ0) is 13.8. The quantitative estimate of drug-likeness (QED) is 0.703. The first kappa shape index (κ1) is 14.2. The van der Waals surface area contributed by atoms with Crippen LogP contribution in [0.5, 0.6) is 0 Å². The SMILES string of the molecule is CCCNc1cc(C)nc(CN2CC(O)C(O)C2)n1. The lowest BCUT2D eigenvalue weighted by Crippen LogP contribution is -2.23. The van der Waals surface area contributed by atoms with Gasteiger partial charge in [0.15, 0.2) is 0 Å². The van der Waals surface area contributed by atoms with Crippen LogP contribution in [0, 0.1) is 6.92 Å². The molecule has 0 aromatic carbocycles. The molecule has 6 nitrogen and oxygen atoms in total. The van der Waals surface area contributed by atoms with Crippen molar-refractivity contribution in [3.8, 4) is 0 Å². The molecule has 1 aromatic heterocycles. The number of aliphatic hydroxyl groups excluding tert-OH is 2. The molecule has 1 aliphatic heterocycles. The fourth-order valence-corrected chi connectivity index (χ4v) is 2.22. The maximum Gasteiger partial charge on any atom is 0.144 e. The Labute approximate surface area is 113 Å². The van der Waals surface area contributed by atoms with Gasteiger partial charge in [-0.2, -0.15) is 0 Å². The van der Waals surface area contributed by atoms with Crippen LogP contribution >= 0.6 is 0 Å². The average Bonchev–Trinajstić information content (AvgIpc) is 2.65. The summed E-state index contributed by atoms with van der Waals surface area (Å²) < 4.78 is 0. The summed E-state index contributed by atoms with van der Waals surface area (Å²) in [6.07, 6.45) is -0.284. The van der Waals surface area contributed by atoms with Gasteiger partial charge in [0, 0.05) is 31.4 Å². The van der Waals surface area contributed by atoms with Gasteiger partial charge >= 0.3 is 0 Å². The Balaban J connectivity index is 2.01. The second-order valence-electron chi connectivity index (χ2n) is 5.07. The number of nitrogens with zero attached hydrogens (tertiary/aromatic N) is 3. The fraction of sp³-hybridized carbons (Fsp3) is 0.692. The van der Waals surface area contributed by atoms with Gasteiger partial charge in [-0.05, 0) is 13.3 Å². The highest BCUT2D eigenvalue weighted by atomic mass is 16.3. The highest BCUT2D eigenvalue weighted by molar-refractivity contribution is 5.35. The van der Waals surface area contributed by atoms with Gasteiger partial charge in [0.1, 0.15) is 11.6 Å². The highest BCUT2D eigenvalue weighted by Crippen LogP contribution is 2.14. The van der Waals surface area contributed by atoms with Gasteiger partial charge in [-0.25, -0.2) is 9.97 Å². The van der Waals surface area contributed by atoms with E-state index >= 15 is 0 Å². The second-order valence-corrected chi connectivity index (χ2v) is 5.07. The van der Waals surface area contributed by atoms with Gasteiger partial charge in [0.25, 0.3) is 0 Å². The Morgan fingerprint density at radius 1 is 1.32 bits per heavy atom. The number of rotatable bonds is 5. The third-order valence-electron chi connectivity index (χ3n) is 3.16. The number of nitrogens with one attached hydrogen (secondary N) is 1. The van der Waals surface area contributed by atoms with E-state index in [0.717, 1.165) is 30.3 Å².